The molecule has 0 aliphatic carbocycles. The van der Waals surface area contributed by atoms with Gasteiger partial charge in [-0.3, -0.25) is 5.41 Å². The number of hydrogen-bond acceptors (Lipinski definition) is 3. The van der Waals surface area contributed by atoms with E-state index in [9.17, 15) is 0 Å². The van der Waals surface area contributed by atoms with Crippen molar-refractivity contribution in [2.75, 3.05) is 12.0 Å². The zero-order valence-electron chi connectivity index (χ0n) is 14.1. The molecule has 4 heteroatoms. The van der Waals surface area contributed by atoms with Crippen molar-refractivity contribution in [3.05, 3.63) is 64.2 Å². The molecule has 120 valence electrons. The first kappa shape index (κ1) is 17.3. The quantitative estimate of drug-likeness (QED) is 0.495. The van der Waals surface area contributed by atoms with Gasteiger partial charge in [0.05, 0.1) is 5.04 Å². The third-order valence-corrected chi connectivity index (χ3v) is 4.57. The molecule has 0 atom stereocenters. The van der Waals surface area contributed by atoms with E-state index in [2.05, 4.69) is 18.0 Å². The molecule has 0 fully saturated rings. The smallest absolute Gasteiger partial charge is 0.152 e. The molecule has 23 heavy (non-hydrogen) atoms. The lowest BCUT2D eigenvalue weighted by atomic mass is 10.0. The summed E-state index contributed by atoms with van der Waals surface area (Å²) < 4.78 is 0. The second-order valence-corrected chi connectivity index (χ2v) is 6.62. The number of amidine groups is 1. The Hall–Kier alpha value is -2.07. The summed E-state index contributed by atoms with van der Waals surface area (Å²) in [6.07, 6.45) is 2.73. The van der Waals surface area contributed by atoms with Gasteiger partial charge in [-0.05, 0) is 49.8 Å². The number of aliphatic imine (C=N–C) groups is 1. The number of nitrogen functional groups attached to an aromatic ring is 1. The van der Waals surface area contributed by atoms with E-state index < -0.39 is 0 Å². The van der Waals surface area contributed by atoms with Gasteiger partial charge in [0.2, 0.25) is 0 Å². The van der Waals surface area contributed by atoms with E-state index in [1.807, 2.05) is 50.4 Å². The summed E-state index contributed by atoms with van der Waals surface area (Å²) in [6, 6.07) is 12.0. The molecule has 0 heterocycles. The molecule has 0 amide bonds. The van der Waals surface area contributed by atoms with Crippen molar-refractivity contribution in [3.8, 4) is 0 Å². The van der Waals surface area contributed by atoms with Gasteiger partial charge in [0.1, 0.15) is 0 Å². The number of benzene rings is 2. The number of nitrogens with zero attached hydrogens (tertiary/aromatic N) is 1. The third kappa shape index (κ3) is 4.45. The SMILES string of the molecule is CSC(Cc1cc(C)c(N)cc1C)=NC(=N)c1ccc(C)cc1. The standard InChI is InChI=1S/C19H23N3S/c1-12-5-7-15(8-6-12)19(21)22-18(23-4)11-16-9-14(3)17(20)10-13(16)2/h5-10,21H,11,20H2,1-4H3. The Morgan fingerprint density at radius 3 is 2.35 bits per heavy atom. The molecular formula is C19H23N3S. The lowest BCUT2D eigenvalue weighted by Gasteiger charge is -2.11. The maximum Gasteiger partial charge on any atom is 0.152 e. The first-order chi connectivity index (χ1) is 10.9. The molecule has 0 spiro atoms. The number of nitrogens with two attached hydrogens (primary N) is 1. The van der Waals surface area contributed by atoms with Crippen LogP contribution in [-0.4, -0.2) is 17.1 Å². The van der Waals surface area contributed by atoms with Crippen molar-refractivity contribution in [3.63, 3.8) is 0 Å². The Balaban J connectivity index is 2.24. The van der Waals surface area contributed by atoms with Gasteiger partial charge in [-0.1, -0.05) is 35.9 Å². The first-order valence-electron chi connectivity index (χ1n) is 7.53. The number of thioether (sulfide) groups is 1. The Morgan fingerprint density at radius 2 is 1.74 bits per heavy atom. The van der Waals surface area contributed by atoms with Gasteiger partial charge in [0.15, 0.2) is 5.84 Å². The van der Waals surface area contributed by atoms with Crippen LogP contribution in [0.5, 0.6) is 0 Å². The Bertz CT molecular complexity index is 746. The van der Waals surface area contributed by atoms with Crippen LogP contribution in [0.3, 0.4) is 0 Å². The summed E-state index contributed by atoms with van der Waals surface area (Å²) in [5, 5.41) is 9.14. The molecule has 0 aromatic heterocycles. The van der Waals surface area contributed by atoms with Crippen LogP contribution in [-0.2, 0) is 6.42 Å². The third-order valence-electron chi connectivity index (χ3n) is 3.86. The lowest BCUT2D eigenvalue weighted by molar-refractivity contribution is 1.24. The summed E-state index contributed by atoms with van der Waals surface area (Å²) in [7, 11) is 0. The van der Waals surface area contributed by atoms with Crippen molar-refractivity contribution in [2.24, 2.45) is 4.99 Å². The highest BCUT2D eigenvalue weighted by Gasteiger charge is 2.08. The average Bonchev–Trinajstić information content (AvgIpc) is 2.52. The van der Waals surface area contributed by atoms with Crippen LogP contribution >= 0.6 is 11.8 Å². The summed E-state index contributed by atoms with van der Waals surface area (Å²) in [4.78, 5) is 4.52. The number of anilines is 1. The van der Waals surface area contributed by atoms with Crippen molar-refractivity contribution >= 4 is 28.3 Å². The van der Waals surface area contributed by atoms with Crippen LogP contribution < -0.4 is 5.73 Å². The van der Waals surface area contributed by atoms with Gasteiger partial charge in [-0.25, -0.2) is 4.99 Å². The summed E-state index contributed by atoms with van der Waals surface area (Å²) >= 11 is 1.59. The van der Waals surface area contributed by atoms with Gasteiger partial charge >= 0.3 is 0 Å². The summed E-state index contributed by atoms with van der Waals surface area (Å²) in [5.41, 5.74) is 12.3. The molecule has 3 nitrogen and oxygen atoms in total. The van der Waals surface area contributed by atoms with Crippen LogP contribution in [0.1, 0.15) is 27.8 Å². The lowest BCUT2D eigenvalue weighted by Crippen LogP contribution is -2.06. The molecule has 0 aliphatic rings. The van der Waals surface area contributed by atoms with Crippen molar-refractivity contribution < 1.29 is 0 Å². The minimum Gasteiger partial charge on any atom is -0.399 e. The molecule has 0 saturated heterocycles. The van der Waals surface area contributed by atoms with Crippen LogP contribution in [0.25, 0.3) is 0 Å². The van der Waals surface area contributed by atoms with Gasteiger partial charge in [-0.2, -0.15) is 0 Å². The maximum atomic E-state index is 8.21. The average molecular weight is 325 g/mol. The van der Waals surface area contributed by atoms with Crippen LogP contribution in [0.2, 0.25) is 0 Å². The number of aryl methyl sites for hydroxylation is 3. The molecule has 3 N–H and O–H groups in total. The zero-order chi connectivity index (χ0) is 17.0. The fraction of sp³-hybridized carbons (Fsp3) is 0.263. The van der Waals surface area contributed by atoms with Gasteiger partial charge in [-0.15, -0.1) is 11.8 Å². The van der Waals surface area contributed by atoms with E-state index in [0.717, 1.165) is 33.8 Å². The molecule has 0 bridgehead atoms. The second kappa shape index (κ2) is 7.47. The monoisotopic (exact) mass is 325 g/mol. The fourth-order valence-electron chi connectivity index (χ4n) is 2.31. The van der Waals surface area contributed by atoms with Crippen LogP contribution in [0, 0.1) is 26.2 Å². The normalized spacial score (nSPS) is 11.6. The molecule has 0 unspecified atom stereocenters. The highest BCUT2D eigenvalue weighted by Crippen LogP contribution is 2.20. The Labute approximate surface area is 142 Å². The summed E-state index contributed by atoms with van der Waals surface area (Å²) in [5.74, 6) is 0.305. The predicted molar refractivity (Wildman–Crippen MR) is 103 cm³/mol. The largest absolute Gasteiger partial charge is 0.399 e. The van der Waals surface area contributed by atoms with Crippen LogP contribution in [0.15, 0.2) is 41.4 Å². The van der Waals surface area contributed by atoms with Crippen molar-refractivity contribution in [1.82, 2.24) is 0 Å². The minimum absolute atomic E-state index is 0.305. The fourth-order valence-corrected chi connectivity index (χ4v) is 2.79. The molecule has 2 aromatic carbocycles. The zero-order valence-corrected chi connectivity index (χ0v) is 14.9. The minimum atomic E-state index is 0.305. The molecule has 0 aliphatic heterocycles. The van der Waals surface area contributed by atoms with E-state index in [1.54, 1.807) is 11.8 Å². The van der Waals surface area contributed by atoms with Crippen LogP contribution in [0.4, 0.5) is 5.69 Å². The van der Waals surface area contributed by atoms with Gasteiger partial charge in [0.25, 0.3) is 0 Å². The van der Waals surface area contributed by atoms with E-state index in [1.165, 1.54) is 11.1 Å². The van der Waals surface area contributed by atoms with E-state index in [4.69, 9.17) is 11.1 Å². The number of nitrogens with one attached hydrogen (secondary N) is 1. The Kier molecular flexibility index (Phi) is 5.61. The molecule has 2 aromatic rings. The van der Waals surface area contributed by atoms with Crippen molar-refractivity contribution in [1.29, 1.82) is 5.41 Å². The predicted octanol–water partition coefficient (Wildman–Crippen LogP) is 4.52. The maximum absolute atomic E-state index is 8.21. The van der Waals surface area contributed by atoms with E-state index in [-0.39, 0.29) is 0 Å². The second-order valence-electron chi connectivity index (χ2n) is 5.74. The van der Waals surface area contributed by atoms with E-state index >= 15 is 0 Å². The Morgan fingerprint density at radius 1 is 1.09 bits per heavy atom. The molecule has 0 radical (unpaired) electrons. The highest BCUT2D eigenvalue weighted by atomic mass is 32.2. The molecule has 2 rings (SSSR count). The first-order valence-corrected chi connectivity index (χ1v) is 8.76. The van der Waals surface area contributed by atoms with Crippen molar-refractivity contribution in [2.45, 2.75) is 27.2 Å². The summed E-state index contributed by atoms with van der Waals surface area (Å²) in [6.45, 7) is 6.12. The van der Waals surface area contributed by atoms with E-state index in [0.29, 0.717) is 5.84 Å². The topological polar surface area (TPSA) is 62.2 Å². The number of hydrogen-bond donors (Lipinski definition) is 2. The highest BCUT2D eigenvalue weighted by molar-refractivity contribution is 8.13. The molecule has 0 saturated carbocycles. The van der Waals surface area contributed by atoms with Gasteiger partial charge in [0, 0.05) is 17.7 Å². The number of rotatable bonds is 3. The molecular weight excluding hydrogens is 302 g/mol. The van der Waals surface area contributed by atoms with Gasteiger partial charge < -0.3 is 5.73 Å².